The summed E-state index contributed by atoms with van der Waals surface area (Å²) in [6.45, 7) is 1.75. The maximum Gasteiger partial charge on any atom is 0.255 e. The number of amides is 1. The van der Waals surface area contributed by atoms with Crippen molar-refractivity contribution in [3.05, 3.63) is 33.8 Å². The Bertz CT molecular complexity index is 517. The molecule has 0 N–H and O–H groups in total. The molecule has 0 spiro atoms. The molecular formula is C16H19Cl2NO. The Labute approximate surface area is 130 Å². The number of carbonyl (C=O) groups excluding carboxylic acids is 1. The first kappa shape index (κ1) is 14.2. The van der Waals surface area contributed by atoms with Gasteiger partial charge < -0.3 is 4.90 Å². The van der Waals surface area contributed by atoms with Gasteiger partial charge in [0.15, 0.2) is 0 Å². The number of piperidine rings is 1. The summed E-state index contributed by atoms with van der Waals surface area (Å²) in [5.74, 6) is 1.57. The van der Waals surface area contributed by atoms with E-state index in [0.29, 0.717) is 21.5 Å². The van der Waals surface area contributed by atoms with E-state index in [1.165, 1.54) is 25.7 Å². The van der Waals surface area contributed by atoms with Crippen molar-refractivity contribution in [2.24, 2.45) is 11.8 Å². The molecule has 2 nitrogen and oxygen atoms in total. The van der Waals surface area contributed by atoms with Crippen LogP contribution in [0.25, 0.3) is 0 Å². The lowest BCUT2D eigenvalue weighted by Gasteiger charge is -2.41. The molecule has 2 atom stereocenters. The van der Waals surface area contributed by atoms with Gasteiger partial charge in [-0.3, -0.25) is 4.79 Å². The summed E-state index contributed by atoms with van der Waals surface area (Å²) in [7, 11) is 0. The number of rotatable bonds is 1. The zero-order valence-electron chi connectivity index (χ0n) is 11.4. The van der Waals surface area contributed by atoms with Crippen molar-refractivity contribution in [2.45, 2.75) is 32.1 Å². The molecule has 1 aromatic rings. The fraction of sp³-hybridized carbons (Fsp3) is 0.562. The first-order valence-electron chi connectivity index (χ1n) is 7.39. The van der Waals surface area contributed by atoms with Crippen LogP contribution in [-0.4, -0.2) is 23.9 Å². The highest BCUT2D eigenvalue weighted by molar-refractivity contribution is 6.36. The summed E-state index contributed by atoms with van der Waals surface area (Å²) in [6.07, 6.45) is 6.42. The van der Waals surface area contributed by atoms with Crippen LogP contribution in [0, 0.1) is 11.8 Å². The van der Waals surface area contributed by atoms with Crippen molar-refractivity contribution in [3.63, 3.8) is 0 Å². The minimum absolute atomic E-state index is 0.0516. The van der Waals surface area contributed by atoms with Crippen LogP contribution < -0.4 is 0 Å². The number of hydrogen-bond acceptors (Lipinski definition) is 1. The van der Waals surface area contributed by atoms with Crippen LogP contribution in [0.3, 0.4) is 0 Å². The van der Waals surface area contributed by atoms with Crippen molar-refractivity contribution >= 4 is 29.1 Å². The smallest absolute Gasteiger partial charge is 0.255 e. The molecule has 0 unspecified atom stereocenters. The lowest BCUT2D eigenvalue weighted by Crippen LogP contribution is -2.44. The number of hydrogen-bond donors (Lipinski definition) is 0. The minimum Gasteiger partial charge on any atom is -0.338 e. The Morgan fingerprint density at radius 3 is 2.60 bits per heavy atom. The average Bonchev–Trinajstić information content (AvgIpc) is 2.46. The van der Waals surface area contributed by atoms with E-state index >= 15 is 0 Å². The van der Waals surface area contributed by atoms with Crippen LogP contribution >= 0.6 is 23.2 Å². The van der Waals surface area contributed by atoms with E-state index in [-0.39, 0.29) is 5.91 Å². The maximum atomic E-state index is 12.6. The predicted octanol–water partition coefficient (Wildman–Crippen LogP) is 4.65. The first-order valence-corrected chi connectivity index (χ1v) is 8.15. The molecule has 3 rings (SSSR count). The van der Waals surface area contributed by atoms with Gasteiger partial charge in [-0.2, -0.15) is 0 Å². The van der Waals surface area contributed by atoms with E-state index in [1.54, 1.807) is 18.2 Å². The second-order valence-corrected chi connectivity index (χ2v) is 6.81. The van der Waals surface area contributed by atoms with E-state index in [9.17, 15) is 4.79 Å². The summed E-state index contributed by atoms with van der Waals surface area (Å²) in [6, 6.07) is 5.11. The van der Waals surface area contributed by atoms with Gasteiger partial charge in [0.25, 0.3) is 5.91 Å². The molecule has 1 aromatic carbocycles. The number of nitrogens with zero attached hydrogens (tertiary/aromatic N) is 1. The predicted molar refractivity (Wildman–Crippen MR) is 82.4 cm³/mol. The van der Waals surface area contributed by atoms with Crippen LogP contribution in [0.5, 0.6) is 0 Å². The second kappa shape index (κ2) is 5.95. The summed E-state index contributed by atoms with van der Waals surface area (Å²) >= 11 is 12.0. The van der Waals surface area contributed by atoms with Gasteiger partial charge >= 0.3 is 0 Å². The van der Waals surface area contributed by atoms with Crippen LogP contribution in [0.4, 0.5) is 0 Å². The number of benzene rings is 1. The quantitative estimate of drug-likeness (QED) is 0.739. The van der Waals surface area contributed by atoms with Crippen LogP contribution in [0.1, 0.15) is 42.5 Å². The number of carbonyl (C=O) groups is 1. The molecule has 4 heteroatoms. The van der Waals surface area contributed by atoms with E-state index < -0.39 is 0 Å². The van der Waals surface area contributed by atoms with Gasteiger partial charge in [0.2, 0.25) is 0 Å². The van der Waals surface area contributed by atoms with Crippen LogP contribution in [-0.2, 0) is 0 Å². The highest BCUT2D eigenvalue weighted by Crippen LogP contribution is 2.36. The monoisotopic (exact) mass is 311 g/mol. The van der Waals surface area contributed by atoms with Gasteiger partial charge in [0, 0.05) is 18.1 Å². The Morgan fingerprint density at radius 1 is 1.10 bits per heavy atom. The molecule has 1 amide bonds. The molecule has 1 saturated heterocycles. The molecule has 0 radical (unpaired) electrons. The third-order valence-electron chi connectivity index (χ3n) is 4.74. The third kappa shape index (κ3) is 2.82. The Balaban J connectivity index is 1.74. The van der Waals surface area contributed by atoms with E-state index in [0.717, 1.165) is 25.4 Å². The minimum atomic E-state index is 0.0516. The van der Waals surface area contributed by atoms with Gasteiger partial charge in [-0.15, -0.1) is 0 Å². The lowest BCUT2D eigenvalue weighted by molar-refractivity contribution is 0.0521. The van der Waals surface area contributed by atoms with Crippen molar-refractivity contribution < 1.29 is 4.79 Å². The SMILES string of the molecule is O=C(c1ccc(Cl)cc1Cl)N1CC[C@@H]2CCCC[C@H]2C1. The third-order valence-corrected chi connectivity index (χ3v) is 5.29. The Hall–Kier alpha value is -0.730. The largest absolute Gasteiger partial charge is 0.338 e. The second-order valence-electron chi connectivity index (χ2n) is 5.97. The molecular weight excluding hydrogens is 293 g/mol. The van der Waals surface area contributed by atoms with Gasteiger partial charge in [-0.05, 0) is 42.9 Å². The van der Waals surface area contributed by atoms with Crippen molar-refractivity contribution in [1.82, 2.24) is 4.90 Å². The summed E-state index contributed by atoms with van der Waals surface area (Å²) in [5.41, 5.74) is 0.574. The Morgan fingerprint density at radius 2 is 1.85 bits per heavy atom. The summed E-state index contributed by atoms with van der Waals surface area (Å²) in [5, 5.41) is 1.02. The van der Waals surface area contributed by atoms with Gasteiger partial charge in [0.1, 0.15) is 0 Å². The fourth-order valence-corrected chi connectivity index (χ4v) is 4.11. The average molecular weight is 312 g/mol. The molecule has 0 aromatic heterocycles. The summed E-state index contributed by atoms with van der Waals surface area (Å²) < 4.78 is 0. The zero-order valence-corrected chi connectivity index (χ0v) is 13.0. The maximum absolute atomic E-state index is 12.6. The molecule has 1 aliphatic heterocycles. The lowest BCUT2D eigenvalue weighted by atomic mass is 9.75. The van der Waals surface area contributed by atoms with E-state index in [2.05, 4.69) is 0 Å². The Kier molecular flexibility index (Phi) is 4.23. The molecule has 1 aliphatic carbocycles. The molecule has 2 fully saturated rings. The van der Waals surface area contributed by atoms with Gasteiger partial charge in [-0.1, -0.05) is 42.5 Å². The van der Waals surface area contributed by atoms with Crippen LogP contribution in [0.15, 0.2) is 18.2 Å². The first-order chi connectivity index (χ1) is 9.65. The van der Waals surface area contributed by atoms with Crippen molar-refractivity contribution in [3.8, 4) is 0 Å². The van der Waals surface area contributed by atoms with Gasteiger partial charge in [0.05, 0.1) is 10.6 Å². The zero-order chi connectivity index (χ0) is 14.1. The molecule has 108 valence electrons. The number of fused-ring (bicyclic) bond motifs is 1. The van der Waals surface area contributed by atoms with Crippen LogP contribution in [0.2, 0.25) is 10.0 Å². The molecule has 0 bridgehead atoms. The molecule has 2 aliphatic rings. The highest BCUT2D eigenvalue weighted by Gasteiger charge is 2.33. The van der Waals surface area contributed by atoms with Crippen molar-refractivity contribution in [1.29, 1.82) is 0 Å². The summed E-state index contributed by atoms with van der Waals surface area (Å²) in [4.78, 5) is 14.6. The molecule has 20 heavy (non-hydrogen) atoms. The van der Waals surface area contributed by atoms with Gasteiger partial charge in [-0.25, -0.2) is 0 Å². The van der Waals surface area contributed by atoms with E-state index in [1.807, 2.05) is 4.90 Å². The topological polar surface area (TPSA) is 20.3 Å². The fourth-order valence-electron chi connectivity index (χ4n) is 3.62. The number of halogens is 2. The molecule has 1 saturated carbocycles. The van der Waals surface area contributed by atoms with E-state index in [4.69, 9.17) is 23.2 Å². The number of likely N-dealkylation sites (tertiary alicyclic amines) is 1. The molecule has 1 heterocycles. The normalized spacial score (nSPS) is 26.2. The highest BCUT2D eigenvalue weighted by atomic mass is 35.5. The standard InChI is InChI=1S/C16H19Cl2NO/c17-13-5-6-14(15(18)9-13)16(20)19-8-7-11-3-1-2-4-12(11)10-19/h5-6,9,11-12H,1-4,7-8,10H2/t11-,12-/m0/s1. The van der Waals surface area contributed by atoms with Crippen molar-refractivity contribution in [2.75, 3.05) is 13.1 Å².